The Bertz CT molecular complexity index is 1120. The summed E-state index contributed by atoms with van der Waals surface area (Å²) < 4.78 is 0. The second-order valence-corrected chi connectivity index (χ2v) is 6.64. The molecule has 1 heterocycles. The first-order valence-electron chi connectivity index (χ1n) is 9.04. The molecule has 0 saturated heterocycles. The van der Waals surface area contributed by atoms with Gasteiger partial charge in [-0.2, -0.15) is 0 Å². The third-order valence-corrected chi connectivity index (χ3v) is 4.84. The smallest absolute Gasteiger partial charge is 0.270 e. The number of nitrogens with zero attached hydrogens (tertiary/aromatic N) is 1. The van der Waals surface area contributed by atoms with Crippen LogP contribution in [0.2, 0.25) is 0 Å². The van der Waals surface area contributed by atoms with Gasteiger partial charge in [-0.1, -0.05) is 54.6 Å². The number of fused-ring (bicyclic) bond motifs is 2. The standard InChI is InChI=1S/C23H19N3O2/c24-22(27)21(26-23(28)20-11-5-6-12-25-20)14-19-17-9-3-1-7-15(17)13-16-8-2-4-10-18(16)19/h1-13,21H,14H2,(H2,24,27)(H,26,28)/t21-/m0/s1. The summed E-state index contributed by atoms with van der Waals surface area (Å²) >= 11 is 0. The van der Waals surface area contributed by atoms with Crippen molar-refractivity contribution in [3.8, 4) is 0 Å². The predicted octanol–water partition coefficient (Wildman–Crippen LogP) is 3.21. The van der Waals surface area contributed by atoms with Crippen molar-refractivity contribution in [3.63, 3.8) is 0 Å². The Morgan fingerprint density at radius 2 is 1.50 bits per heavy atom. The second kappa shape index (κ2) is 7.48. The van der Waals surface area contributed by atoms with Gasteiger partial charge < -0.3 is 11.1 Å². The van der Waals surface area contributed by atoms with Crippen LogP contribution in [0.3, 0.4) is 0 Å². The number of carbonyl (C=O) groups excluding carboxylic acids is 2. The van der Waals surface area contributed by atoms with Crippen LogP contribution < -0.4 is 11.1 Å². The number of rotatable bonds is 5. The topological polar surface area (TPSA) is 85.1 Å². The highest BCUT2D eigenvalue weighted by atomic mass is 16.2. The van der Waals surface area contributed by atoms with Crippen molar-refractivity contribution in [1.82, 2.24) is 10.3 Å². The number of aromatic nitrogens is 1. The molecule has 0 radical (unpaired) electrons. The minimum absolute atomic E-state index is 0.247. The third kappa shape index (κ3) is 3.42. The Hall–Kier alpha value is -3.73. The van der Waals surface area contributed by atoms with Crippen LogP contribution in [0.4, 0.5) is 0 Å². The minimum Gasteiger partial charge on any atom is -0.368 e. The zero-order chi connectivity index (χ0) is 19.5. The van der Waals surface area contributed by atoms with E-state index in [1.807, 2.05) is 48.5 Å². The molecule has 4 rings (SSSR count). The number of hydrogen-bond acceptors (Lipinski definition) is 3. The number of nitrogens with one attached hydrogen (secondary N) is 1. The molecule has 3 aromatic carbocycles. The molecule has 28 heavy (non-hydrogen) atoms. The van der Waals surface area contributed by atoms with Crippen LogP contribution in [0.5, 0.6) is 0 Å². The van der Waals surface area contributed by atoms with E-state index in [1.165, 1.54) is 6.20 Å². The summed E-state index contributed by atoms with van der Waals surface area (Å²) in [5.74, 6) is -1.00. The van der Waals surface area contributed by atoms with E-state index in [9.17, 15) is 9.59 Å². The zero-order valence-electron chi connectivity index (χ0n) is 15.1. The maximum Gasteiger partial charge on any atom is 0.270 e. The molecule has 0 aliphatic carbocycles. The summed E-state index contributed by atoms with van der Waals surface area (Å²) in [5, 5.41) is 6.98. The van der Waals surface area contributed by atoms with E-state index in [2.05, 4.69) is 16.4 Å². The average molecular weight is 369 g/mol. The lowest BCUT2D eigenvalue weighted by molar-refractivity contribution is -0.119. The van der Waals surface area contributed by atoms with Crippen LogP contribution in [0.1, 0.15) is 16.1 Å². The van der Waals surface area contributed by atoms with Gasteiger partial charge in [0.1, 0.15) is 11.7 Å². The fourth-order valence-electron chi connectivity index (χ4n) is 3.48. The minimum atomic E-state index is -0.844. The molecular weight excluding hydrogens is 350 g/mol. The maximum absolute atomic E-state index is 12.5. The highest BCUT2D eigenvalue weighted by Gasteiger charge is 2.22. The first kappa shape index (κ1) is 17.7. The van der Waals surface area contributed by atoms with Gasteiger partial charge in [0.2, 0.25) is 5.91 Å². The first-order chi connectivity index (χ1) is 13.6. The first-order valence-corrected chi connectivity index (χ1v) is 9.04. The monoisotopic (exact) mass is 369 g/mol. The Balaban J connectivity index is 1.75. The van der Waals surface area contributed by atoms with Crippen LogP contribution in [-0.4, -0.2) is 22.8 Å². The molecule has 5 heteroatoms. The van der Waals surface area contributed by atoms with Gasteiger partial charge in [-0.3, -0.25) is 14.6 Å². The Morgan fingerprint density at radius 3 is 2.07 bits per heavy atom. The lowest BCUT2D eigenvalue weighted by Crippen LogP contribution is -2.46. The number of benzene rings is 3. The summed E-state index contributed by atoms with van der Waals surface area (Å²) in [6.07, 6.45) is 1.84. The van der Waals surface area contributed by atoms with E-state index in [0.717, 1.165) is 27.1 Å². The molecule has 0 aliphatic rings. The van der Waals surface area contributed by atoms with Gasteiger partial charge in [0.15, 0.2) is 0 Å². The maximum atomic E-state index is 12.5. The SMILES string of the molecule is NC(=O)[C@H](Cc1c2ccccc2cc2ccccc12)NC(=O)c1ccccn1. The van der Waals surface area contributed by atoms with Crippen molar-refractivity contribution in [3.05, 3.63) is 90.3 Å². The van der Waals surface area contributed by atoms with Crippen molar-refractivity contribution >= 4 is 33.4 Å². The highest BCUT2D eigenvalue weighted by molar-refractivity contribution is 6.03. The summed E-state index contributed by atoms with van der Waals surface area (Å²) in [4.78, 5) is 28.7. The van der Waals surface area contributed by atoms with E-state index in [1.54, 1.807) is 18.2 Å². The van der Waals surface area contributed by atoms with E-state index in [4.69, 9.17) is 5.73 Å². The predicted molar refractivity (Wildman–Crippen MR) is 110 cm³/mol. The molecular formula is C23H19N3O2. The fraction of sp³-hybridized carbons (Fsp3) is 0.0870. The molecule has 0 fully saturated rings. The second-order valence-electron chi connectivity index (χ2n) is 6.64. The van der Waals surface area contributed by atoms with Crippen molar-refractivity contribution in [2.75, 3.05) is 0 Å². The van der Waals surface area contributed by atoms with E-state index < -0.39 is 17.9 Å². The molecule has 138 valence electrons. The van der Waals surface area contributed by atoms with Gasteiger partial charge in [-0.25, -0.2) is 0 Å². The highest BCUT2D eigenvalue weighted by Crippen LogP contribution is 2.29. The molecule has 0 unspecified atom stereocenters. The van der Waals surface area contributed by atoms with Gasteiger partial charge >= 0.3 is 0 Å². The fourth-order valence-corrected chi connectivity index (χ4v) is 3.48. The van der Waals surface area contributed by atoms with Gasteiger partial charge in [0.25, 0.3) is 5.91 Å². The van der Waals surface area contributed by atoms with E-state index in [-0.39, 0.29) is 5.69 Å². The molecule has 4 aromatic rings. The number of hydrogen-bond donors (Lipinski definition) is 2. The molecule has 5 nitrogen and oxygen atoms in total. The molecule has 3 N–H and O–H groups in total. The summed E-state index contributed by atoms with van der Waals surface area (Å²) in [6.45, 7) is 0. The van der Waals surface area contributed by atoms with E-state index in [0.29, 0.717) is 6.42 Å². The molecule has 0 spiro atoms. The lowest BCUT2D eigenvalue weighted by atomic mass is 9.92. The Morgan fingerprint density at radius 1 is 0.893 bits per heavy atom. The van der Waals surface area contributed by atoms with Gasteiger partial charge in [0.05, 0.1) is 0 Å². The molecule has 1 atom stereocenters. The number of amides is 2. The molecule has 0 bridgehead atoms. The largest absolute Gasteiger partial charge is 0.368 e. The molecule has 0 aliphatic heterocycles. The molecule has 2 amide bonds. The van der Waals surface area contributed by atoms with Crippen LogP contribution in [0.25, 0.3) is 21.5 Å². The number of primary amides is 1. The average Bonchev–Trinajstić information content (AvgIpc) is 2.73. The Labute approximate surface area is 162 Å². The van der Waals surface area contributed by atoms with Crippen LogP contribution in [0.15, 0.2) is 79.0 Å². The van der Waals surface area contributed by atoms with E-state index >= 15 is 0 Å². The van der Waals surface area contributed by atoms with Crippen molar-refractivity contribution in [2.45, 2.75) is 12.5 Å². The lowest BCUT2D eigenvalue weighted by Gasteiger charge is -2.18. The van der Waals surface area contributed by atoms with Gasteiger partial charge in [0, 0.05) is 12.6 Å². The van der Waals surface area contributed by atoms with Gasteiger partial charge in [-0.15, -0.1) is 0 Å². The molecule has 1 aromatic heterocycles. The Kier molecular flexibility index (Phi) is 4.72. The molecule has 0 saturated carbocycles. The van der Waals surface area contributed by atoms with Crippen LogP contribution >= 0.6 is 0 Å². The third-order valence-electron chi connectivity index (χ3n) is 4.84. The zero-order valence-corrected chi connectivity index (χ0v) is 15.1. The normalized spacial score (nSPS) is 12.0. The van der Waals surface area contributed by atoms with Crippen LogP contribution in [0, 0.1) is 0 Å². The summed E-state index contributed by atoms with van der Waals surface area (Å²) in [7, 11) is 0. The quantitative estimate of drug-likeness (QED) is 0.530. The summed E-state index contributed by atoms with van der Waals surface area (Å²) in [5.41, 5.74) is 6.86. The summed E-state index contributed by atoms with van der Waals surface area (Å²) in [6, 6.07) is 22.3. The van der Waals surface area contributed by atoms with Crippen molar-refractivity contribution < 1.29 is 9.59 Å². The number of nitrogens with two attached hydrogens (primary N) is 1. The van der Waals surface area contributed by atoms with Crippen LogP contribution in [-0.2, 0) is 11.2 Å². The van der Waals surface area contributed by atoms with Crippen molar-refractivity contribution in [1.29, 1.82) is 0 Å². The van der Waals surface area contributed by atoms with Gasteiger partial charge in [-0.05, 0) is 45.3 Å². The number of carbonyl (C=O) groups is 2. The number of pyridine rings is 1. The van der Waals surface area contributed by atoms with Crippen molar-refractivity contribution in [2.24, 2.45) is 5.73 Å².